The van der Waals surface area contributed by atoms with Crippen LogP contribution in [0.4, 0.5) is 0 Å². The predicted molar refractivity (Wildman–Crippen MR) is 76.0 cm³/mol. The van der Waals surface area contributed by atoms with Gasteiger partial charge in [0.05, 0.1) is 5.02 Å². The minimum atomic E-state index is -3.90. The van der Waals surface area contributed by atoms with Crippen LogP contribution in [0, 0.1) is 0 Å². The van der Waals surface area contributed by atoms with Crippen LogP contribution in [0.1, 0.15) is 0 Å². The Labute approximate surface area is 119 Å². The van der Waals surface area contributed by atoms with Crippen molar-refractivity contribution in [3.8, 4) is 11.1 Å². The Balaban J connectivity index is 2.82. The highest BCUT2D eigenvalue weighted by molar-refractivity contribution is 9.10. The summed E-state index contributed by atoms with van der Waals surface area (Å²) in [7, 11) is -3.90. The molecule has 6 heteroatoms. The average molecular weight is 347 g/mol. The second-order valence-corrected chi connectivity index (χ2v) is 6.38. The van der Waals surface area contributed by atoms with Crippen LogP contribution in [0.5, 0.6) is 0 Å². The summed E-state index contributed by atoms with van der Waals surface area (Å²) in [4.78, 5) is -0.0651. The third kappa shape index (κ3) is 2.59. The number of benzene rings is 2. The van der Waals surface area contributed by atoms with Gasteiger partial charge in [-0.1, -0.05) is 48.0 Å². The van der Waals surface area contributed by atoms with E-state index in [2.05, 4.69) is 15.9 Å². The highest BCUT2D eigenvalue weighted by Gasteiger charge is 2.21. The van der Waals surface area contributed by atoms with E-state index in [9.17, 15) is 8.42 Å². The molecule has 0 saturated carbocycles. The largest absolute Gasteiger partial charge is 0.240 e. The molecule has 2 N–H and O–H groups in total. The second-order valence-electron chi connectivity index (χ2n) is 3.65. The highest BCUT2D eigenvalue weighted by atomic mass is 79.9. The third-order valence-electron chi connectivity index (χ3n) is 2.42. The molecule has 0 amide bonds. The molecule has 2 rings (SSSR count). The van der Waals surface area contributed by atoms with Crippen molar-refractivity contribution < 1.29 is 8.42 Å². The molecule has 0 aromatic heterocycles. The van der Waals surface area contributed by atoms with Crippen molar-refractivity contribution in [3.05, 3.63) is 52.0 Å². The average Bonchev–Trinajstić information content (AvgIpc) is 2.32. The Hall–Kier alpha value is -0.880. The van der Waals surface area contributed by atoms with Crippen LogP contribution in [-0.4, -0.2) is 8.42 Å². The first-order chi connectivity index (χ1) is 8.41. The van der Waals surface area contributed by atoms with E-state index in [0.29, 0.717) is 10.0 Å². The molecule has 18 heavy (non-hydrogen) atoms. The molecule has 3 nitrogen and oxygen atoms in total. The molecule has 0 heterocycles. The lowest BCUT2D eigenvalue weighted by Gasteiger charge is -2.11. The van der Waals surface area contributed by atoms with E-state index in [4.69, 9.17) is 16.7 Å². The van der Waals surface area contributed by atoms with Gasteiger partial charge < -0.3 is 0 Å². The van der Waals surface area contributed by atoms with Gasteiger partial charge in [-0.25, -0.2) is 13.6 Å². The van der Waals surface area contributed by atoms with Crippen LogP contribution in [0.25, 0.3) is 11.1 Å². The fourth-order valence-electron chi connectivity index (χ4n) is 1.66. The molecule has 0 atom stereocenters. The van der Waals surface area contributed by atoms with Gasteiger partial charge in [0.15, 0.2) is 0 Å². The van der Waals surface area contributed by atoms with Crippen molar-refractivity contribution in [2.45, 2.75) is 4.90 Å². The summed E-state index contributed by atoms with van der Waals surface area (Å²) in [5.41, 5.74) is 1.24. The van der Waals surface area contributed by atoms with Crippen LogP contribution >= 0.6 is 27.5 Å². The number of nitrogens with two attached hydrogens (primary N) is 1. The summed E-state index contributed by atoms with van der Waals surface area (Å²) in [5.74, 6) is 0. The number of halogens is 2. The van der Waals surface area contributed by atoms with Crippen molar-refractivity contribution in [2.24, 2.45) is 5.14 Å². The number of rotatable bonds is 2. The Morgan fingerprint density at radius 1 is 1.06 bits per heavy atom. The number of sulfonamides is 1. The van der Waals surface area contributed by atoms with Gasteiger partial charge in [0.2, 0.25) is 10.0 Å². The van der Waals surface area contributed by atoms with Crippen LogP contribution in [0.3, 0.4) is 0 Å². The van der Waals surface area contributed by atoms with E-state index < -0.39 is 10.0 Å². The molecule has 0 aliphatic carbocycles. The first-order valence-electron chi connectivity index (χ1n) is 4.97. The fraction of sp³-hybridized carbons (Fsp3) is 0. The zero-order valence-corrected chi connectivity index (χ0v) is 12.3. The monoisotopic (exact) mass is 345 g/mol. The standard InChI is InChI=1S/C12H9BrClNO2S/c13-10-7-6-9(8-4-2-1-3-5-8)12(11(10)14)18(15,16)17/h1-7H,(H2,15,16,17). The van der Waals surface area contributed by atoms with Gasteiger partial charge in [-0.15, -0.1) is 0 Å². The van der Waals surface area contributed by atoms with Gasteiger partial charge in [-0.3, -0.25) is 0 Å². The second kappa shape index (κ2) is 5.01. The summed E-state index contributed by atoms with van der Waals surface area (Å²) in [6.07, 6.45) is 0. The van der Waals surface area contributed by atoms with E-state index in [1.165, 1.54) is 0 Å². The lowest BCUT2D eigenvalue weighted by molar-refractivity contribution is 0.598. The molecule has 0 aliphatic heterocycles. The minimum absolute atomic E-state index is 0.0651. The normalized spacial score (nSPS) is 11.5. The van der Waals surface area contributed by atoms with E-state index in [1.54, 1.807) is 24.3 Å². The van der Waals surface area contributed by atoms with Crippen LogP contribution in [-0.2, 0) is 10.0 Å². The van der Waals surface area contributed by atoms with Crippen molar-refractivity contribution in [1.82, 2.24) is 0 Å². The lowest BCUT2D eigenvalue weighted by atomic mass is 10.1. The Bertz CT molecular complexity index is 687. The van der Waals surface area contributed by atoms with Crippen molar-refractivity contribution in [3.63, 3.8) is 0 Å². The molecule has 0 aliphatic rings. The van der Waals surface area contributed by atoms with Gasteiger partial charge in [0.25, 0.3) is 0 Å². The van der Waals surface area contributed by atoms with E-state index in [-0.39, 0.29) is 9.92 Å². The van der Waals surface area contributed by atoms with Crippen molar-refractivity contribution in [1.29, 1.82) is 0 Å². The topological polar surface area (TPSA) is 60.2 Å². The van der Waals surface area contributed by atoms with E-state index in [0.717, 1.165) is 5.56 Å². The molecule has 0 fully saturated rings. The molecular weight excluding hydrogens is 338 g/mol. The summed E-state index contributed by atoms with van der Waals surface area (Å²) in [6, 6.07) is 12.4. The molecule has 0 radical (unpaired) electrons. The van der Waals surface area contributed by atoms with Crippen molar-refractivity contribution >= 4 is 37.6 Å². The maximum atomic E-state index is 11.7. The summed E-state index contributed by atoms with van der Waals surface area (Å²) < 4.78 is 23.8. The first-order valence-corrected chi connectivity index (χ1v) is 7.69. The summed E-state index contributed by atoms with van der Waals surface area (Å²) in [6.45, 7) is 0. The highest BCUT2D eigenvalue weighted by Crippen LogP contribution is 2.36. The van der Waals surface area contributed by atoms with E-state index >= 15 is 0 Å². The van der Waals surface area contributed by atoms with Gasteiger partial charge in [-0.05, 0) is 27.6 Å². The Kier molecular flexibility index (Phi) is 3.77. The Morgan fingerprint density at radius 2 is 1.67 bits per heavy atom. The summed E-state index contributed by atoms with van der Waals surface area (Å²) in [5, 5.41) is 5.33. The maximum Gasteiger partial charge on any atom is 0.240 e. The van der Waals surface area contributed by atoms with Gasteiger partial charge in [0.1, 0.15) is 4.90 Å². The molecule has 94 valence electrons. The number of hydrogen-bond acceptors (Lipinski definition) is 2. The molecule has 0 saturated heterocycles. The van der Waals surface area contributed by atoms with Gasteiger partial charge >= 0.3 is 0 Å². The smallest absolute Gasteiger partial charge is 0.225 e. The molecule has 2 aromatic carbocycles. The minimum Gasteiger partial charge on any atom is -0.225 e. The quantitative estimate of drug-likeness (QED) is 0.905. The Morgan fingerprint density at radius 3 is 2.22 bits per heavy atom. The lowest BCUT2D eigenvalue weighted by Crippen LogP contribution is -2.14. The first kappa shape index (κ1) is 13.5. The summed E-state index contributed by atoms with van der Waals surface area (Å²) >= 11 is 9.22. The molecule has 0 spiro atoms. The molecular formula is C12H9BrClNO2S. The zero-order valence-electron chi connectivity index (χ0n) is 9.10. The van der Waals surface area contributed by atoms with Crippen molar-refractivity contribution in [2.75, 3.05) is 0 Å². The van der Waals surface area contributed by atoms with Crippen LogP contribution < -0.4 is 5.14 Å². The van der Waals surface area contributed by atoms with Gasteiger partial charge in [0, 0.05) is 10.0 Å². The predicted octanol–water partition coefficient (Wildman–Crippen LogP) is 3.42. The molecule has 0 unspecified atom stereocenters. The van der Waals surface area contributed by atoms with Crippen LogP contribution in [0.15, 0.2) is 51.8 Å². The number of hydrogen-bond donors (Lipinski definition) is 1. The SMILES string of the molecule is NS(=O)(=O)c1c(-c2ccccc2)ccc(Br)c1Cl. The molecule has 2 aromatic rings. The molecule has 0 bridgehead atoms. The van der Waals surface area contributed by atoms with E-state index in [1.807, 2.05) is 18.2 Å². The third-order valence-corrected chi connectivity index (χ3v) is 4.81. The fourth-order valence-corrected chi connectivity index (χ4v) is 3.46. The van der Waals surface area contributed by atoms with Gasteiger partial charge in [-0.2, -0.15) is 0 Å². The number of primary sulfonamides is 1. The van der Waals surface area contributed by atoms with Crippen LogP contribution in [0.2, 0.25) is 5.02 Å². The zero-order chi connectivity index (χ0) is 13.3. The maximum absolute atomic E-state index is 11.7.